The number of hydrogen-bond acceptors (Lipinski definition) is 8. The van der Waals surface area contributed by atoms with E-state index in [4.69, 9.17) is 14.5 Å². The molecule has 4 rings (SSSR count). The molecule has 1 aromatic heterocycles. The van der Waals surface area contributed by atoms with E-state index in [1.807, 2.05) is 41.8 Å². The Morgan fingerprint density at radius 2 is 1.53 bits per heavy atom. The van der Waals surface area contributed by atoms with E-state index < -0.39 is 17.9 Å². The van der Waals surface area contributed by atoms with Crippen molar-refractivity contribution in [1.82, 2.24) is 10.3 Å². The highest BCUT2D eigenvalue weighted by Gasteiger charge is 2.39. The first-order valence-corrected chi connectivity index (χ1v) is 12.6. The number of carbonyl (C=O) groups excluding carboxylic acids is 2. The zero-order valence-electron chi connectivity index (χ0n) is 20.6. The number of rotatable bonds is 7. The first kappa shape index (κ1) is 25.2. The van der Waals surface area contributed by atoms with Crippen LogP contribution >= 0.6 is 11.3 Å². The lowest BCUT2D eigenvalue weighted by Gasteiger charge is -2.31. The monoisotopic (exact) mass is 504 g/mol. The van der Waals surface area contributed by atoms with E-state index >= 15 is 0 Å². The van der Waals surface area contributed by atoms with E-state index in [1.54, 1.807) is 39.8 Å². The molecule has 0 bridgehead atoms. The molecule has 0 spiro atoms. The molecule has 0 atom stereocenters. The van der Waals surface area contributed by atoms with Crippen LogP contribution in [0.2, 0.25) is 0 Å². The van der Waals surface area contributed by atoms with Gasteiger partial charge in [0.1, 0.15) is 10.8 Å². The van der Waals surface area contributed by atoms with Gasteiger partial charge >= 0.3 is 11.9 Å². The number of nitrogens with one attached hydrogen (secondary N) is 1. The highest BCUT2D eigenvalue weighted by atomic mass is 32.1. The molecule has 0 fully saturated rings. The Bertz CT molecular complexity index is 1310. The quantitative estimate of drug-likeness (QED) is 0.408. The number of ether oxygens (including phenoxy) is 2. The van der Waals surface area contributed by atoms with Gasteiger partial charge in [-0.1, -0.05) is 24.3 Å². The van der Waals surface area contributed by atoms with Crippen molar-refractivity contribution in [2.45, 2.75) is 33.6 Å². The van der Waals surface area contributed by atoms with Crippen molar-refractivity contribution < 1.29 is 24.2 Å². The lowest BCUT2D eigenvalue weighted by atomic mass is 9.78. The van der Waals surface area contributed by atoms with Crippen molar-refractivity contribution in [3.05, 3.63) is 82.0 Å². The number of phenolic OH excluding ortho intramolecular Hbond substituents is 1. The number of benzene rings is 2. The second kappa shape index (κ2) is 10.8. The second-order valence-electron chi connectivity index (χ2n) is 8.25. The number of aromatic hydroxyl groups is 1. The molecule has 0 unspecified atom stereocenters. The van der Waals surface area contributed by atoms with Crippen LogP contribution in [0.4, 0.5) is 0 Å². The van der Waals surface area contributed by atoms with E-state index in [2.05, 4.69) is 5.32 Å². The van der Waals surface area contributed by atoms with Gasteiger partial charge in [0.15, 0.2) is 0 Å². The van der Waals surface area contributed by atoms with Gasteiger partial charge in [0.25, 0.3) is 0 Å². The number of thiazole rings is 1. The summed E-state index contributed by atoms with van der Waals surface area (Å²) >= 11 is 1.47. The third kappa shape index (κ3) is 4.90. The lowest BCUT2D eigenvalue weighted by molar-refractivity contribution is -0.139. The predicted octanol–water partition coefficient (Wildman–Crippen LogP) is 5.54. The van der Waals surface area contributed by atoms with Gasteiger partial charge in [0.05, 0.1) is 36.0 Å². The number of aromatic nitrogens is 1. The summed E-state index contributed by atoms with van der Waals surface area (Å²) in [6, 6.07) is 14.5. The molecule has 2 N–H and O–H groups in total. The molecule has 186 valence electrons. The molecule has 0 amide bonds. The predicted molar refractivity (Wildman–Crippen MR) is 139 cm³/mol. The number of carbonyl (C=O) groups is 2. The maximum absolute atomic E-state index is 13.2. The van der Waals surface area contributed by atoms with Crippen molar-refractivity contribution in [2.24, 2.45) is 0 Å². The van der Waals surface area contributed by atoms with Crippen molar-refractivity contribution in [3.63, 3.8) is 0 Å². The minimum Gasteiger partial charge on any atom is -0.508 e. The second-order valence-corrected chi connectivity index (χ2v) is 9.11. The van der Waals surface area contributed by atoms with Crippen molar-refractivity contribution in [3.8, 4) is 27.6 Å². The van der Waals surface area contributed by atoms with Crippen LogP contribution in [0.3, 0.4) is 0 Å². The van der Waals surface area contributed by atoms with Crippen LogP contribution in [0.15, 0.2) is 76.5 Å². The van der Waals surface area contributed by atoms with Crippen LogP contribution in [-0.2, 0) is 19.1 Å². The number of nitrogens with zero attached hydrogens (tertiary/aromatic N) is 1. The van der Waals surface area contributed by atoms with Crippen LogP contribution < -0.4 is 5.32 Å². The maximum atomic E-state index is 13.2. The largest absolute Gasteiger partial charge is 0.508 e. The van der Waals surface area contributed by atoms with Gasteiger partial charge in [-0.15, -0.1) is 11.3 Å². The molecule has 0 saturated carbocycles. The lowest BCUT2D eigenvalue weighted by Crippen LogP contribution is -2.32. The van der Waals surface area contributed by atoms with E-state index in [-0.39, 0.29) is 19.0 Å². The van der Waals surface area contributed by atoms with Gasteiger partial charge < -0.3 is 19.9 Å². The van der Waals surface area contributed by atoms with Crippen molar-refractivity contribution in [1.29, 1.82) is 0 Å². The van der Waals surface area contributed by atoms with Crippen LogP contribution in [0, 0.1) is 0 Å². The first-order chi connectivity index (χ1) is 17.3. The normalized spacial score (nSPS) is 14.0. The van der Waals surface area contributed by atoms with Crippen molar-refractivity contribution >= 4 is 23.3 Å². The molecule has 0 saturated heterocycles. The molecule has 0 aliphatic carbocycles. The molecule has 1 aliphatic rings. The molecule has 7 nitrogen and oxygen atoms in total. The van der Waals surface area contributed by atoms with E-state index in [1.165, 1.54) is 11.3 Å². The fourth-order valence-electron chi connectivity index (χ4n) is 4.37. The van der Waals surface area contributed by atoms with E-state index in [0.717, 1.165) is 27.4 Å². The first-order valence-electron chi connectivity index (χ1n) is 11.7. The van der Waals surface area contributed by atoms with Crippen LogP contribution in [0.5, 0.6) is 5.75 Å². The van der Waals surface area contributed by atoms with Gasteiger partial charge in [-0.05, 0) is 57.5 Å². The molecule has 2 heterocycles. The standard InChI is InChI=1S/C28H28N2O5S/c1-5-34-27(32)23-16(3)29-17(4)24(28(33)35-6-2)25(23)20-9-7-8-10-21(20)26-30-22(15-36-26)18-11-13-19(31)14-12-18/h7-15,25,29,31H,5-6H2,1-4H3. The van der Waals surface area contributed by atoms with Crippen LogP contribution in [0.1, 0.15) is 39.2 Å². The minimum absolute atomic E-state index is 0.188. The van der Waals surface area contributed by atoms with Crippen LogP contribution in [-0.4, -0.2) is 35.2 Å². The third-order valence-electron chi connectivity index (χ3n) is 5.92. The zero-order valence-corrected chi connectivity index (χ0v) is 21.4. The Morgan fingerprint density at radius 3 is 2.11 bits per heavy atom. The molecular weight excluding hydrogens is 476 g/mol. The molecule has 2 aromatic carbocycles. The topological polar surface area (TPSA) is 97.8 Å². The molecule has 1 aliphatic heterocycles. The fourth-order valence-corrected chi connectivity index (χ4v) is 5.25. The van der Waals surface area contributed by atoms with E-state index in [0.29, 0.717) is 22.5 Å². The Labute approximate surface area is 214 Å². The highest BCUT2D eigenvalue weighted by molar-refractivity contribution is 7.13. The van der Waals surface area contributed by atoms with Gasteiger partial charge in [0.2, 0.25) is 0 Å². The Kier molecular flexibility index (Phi) is 7.55. The van der Waals surface area contributed by atoms with Gasteiger partial charge in [-0.3, -0.25) is 0 Å². The number of hydrogen-bond donors (Lipinski definition) is 2. The fraction of sp³-hybridized carbons (Fsp3) is 0.250. The maximum Gasteiger partial charge on any atom is 0.336 e. The third-order valence-corrected chi connectivity index (χ3v) is 6.80. The summed E-state index contributed by atoms with van der Waals surface area (Å²) in [4.78, 5) is 31.2. The minimum atomic E-state index is -0.693. The molecule has 0 radical (unpaired) electrons. The molecule has 3 aromatic rings. The zero-order chi connectivity index (χ0) is 25.8. The van der Waals surface area contributed by atoms with Gasteiger partial charge in [0, 0.05) is 27.9 Å². The summed E-state index contributed by atoms with van der Waals surface area (Å²) in [5, 5.41) is 15.5. The van der Waals surface area contributed by atoms with Crippen LogP contribution in [0.25, 0.3) is 21.8 Å². The Balaban J connectivity index is 1.87. The number of phenols is 1. The number of allylic oxidation sites excluding steroid dienone is 2. The summed E-state index contributed by atoms with van der Waals surface area (Å²) in [5.74, 6) is -1.48. The summed E-state index contributed by atoms with van der Waals surface area (Å²) in [7, 11) is 0. The number of dihydropyridines is 1. The molecule has 36 heavy (non-hydrogen) atoms. The SMILES string of the molecule is CCOC(=O)C1=C(C)NC(C)=C(C(=O)OCC)C1c1ccccc1-c1nc(-c2ccc(O)cc2)cs1. The summed E-state index contributed by atoms with van der Waals surface area (Å²) < 4.78 is 10.8. The van der Waals surface area contributed by atoms with E-state index in [9.17, 15) is 14.7 Å². The summed E-state index contributed by atoms with van der Waals surface area (Å²) in [6.45, 7) is 7.54. The average Bonchev–Trinajstić information content (AvgIpc) is 3.34. The summed E-state index contributed by atoms with van der Waals surface area (Å²) in [5.41, 5.74) is 5.20. The number of esters is 2. The highest BCUT2D eigenvalue weighted by Crippen LogP contribution is 2.44. The van der Waals surface area contributed by atoms with Crippen molar-refractivity contribution in [2.75, 3.05) is 13.2 Å². The Hall–Kier alpha value is -3.91. The molecular formula is C28H28N2O5S. The Morgan fingerprint density at radius 1 is 0.944 bits per heavy atom. The molecule has 8 heteroatoms. The average molecular weight is 505 g/mol. The van der Waals surface area contributed by atoms with Gasteiger partial charge in [-0.25, -0.2) is 14.6 Å². The summed E-state index contributed by atoms with van der Waals surface area (Å²) in [6.07, 6.45) is 0. The smallest absolute Gasteiger partial charge is 0.336 e. The van der Waals surface area contributed by atoms with Gasteiger partial charge in [-0.2, -0.15) is 0 Å².